The summed E-state index contributed by atoms with van der Waals surface area (Å²) in [6.07, 6.45) is 5.01. The lowest BCUT2D eigenvalue weighted by Gasteiger charge is -2.36. The van der Waals surface area contributed by atoms with E-state index in [0.717, 1.165) is 0 Å². The Hall–Kier alpha value is -0.530. The first-order valence-electron chi connectivity index (χ1n) is 5.14. The molecule has 0 spiro atoms. The Kier molecular flexibility index (Phi) is 3.34. The Morgan fingerprint density at radius 2 is 1.92 bits per heavy atom. The number of rotatable bonds is 3. The van der Waals surface area contributed by atoms with E-state index in [1.165, 1.54) is 25.7 Å². The molecule has 0 aliphatic heterocycles. The number of hydrogen-bond acceptors (Lipinski definition) is 2. The molecule has 0 aromatic carbocycles. The third-order valence-corrected chi connectivity index (χ3v) is 3.32. The second-order valence-corrected chi connectivity index (χ2v) is 4.94. The van der Waals surface area contributed by atoms with Gasteiger partial charge in [-0.25, -0.2) is 0 Å². The fourth-order valence-corrected chi connectivity index (χ4v) is 2.09. The molecule has 0 saturated heterocycles. The molecule has 2 heteroatoms. The Morgan fingerprint density at radius 3 is 2.38 bits per heavy atom. The summed E-state index contributed by atoms with van der Waals surface area (Å²) in [5.74, 6) is 0.582. The van der Waals surface area contributed by atoms with E-state index in [2.05, 4.69) is 13.8 Å². The highest BCUT2D eigenvalue weighted by atomic mass is 16.5. The Morgan fingerprint density at radius 1 is 1.38 bits per heavy atom. The van der Waals surface area contributed by atoms with E-state index in [9.17, 15) is 4.79 Å². The van der Waals surface area contributed by atoms with E-state index >= 15 is 0 Å². The molecule has 1 fully saturated rings. The molecule has 0 radical (unpaired) electrons. The van der Waals surface area contributed by atoms with Crippen molar-refractivity contribution >= 4 is 6.47 Å². The summed E-state index contributed by atoms with van der Waals surface area (Å²) < 4.78 is 4.97. The van der Waals surface area contributed by atoms with E-state index in [1.807, 2.05) is 6.92 Å². The van der Waals surface area contributed by atoms with Gasteiger partial charge in [0.25, 0.3) is 6.47 Å². The molecule has 76 valence electrons. The normalized spacial score (nSPS) is 25.2. The van der Waals surface area contributed by atoms with Crippen LogP contribution in [0.1, 0.15) is 46.5 Å². The third-order valence-electron chi connectivity index (χ3n) is 3.32. The molecule has 1 saturated carbocycles. The maximum Gasteiger partial charge on any atom is 0.293 e. The zero-order valence-corrected chi connectivity index (χ0v) is 8.88. The summed E-state index contributed by atoms with van der Waals surface area (Å²) in [5.41, 5.74) is 0.497. The second kappa shape index (κ2) is 4.12. The maximum atomic E-state index is 10.2. The van der Waals surface area contributed by atoms with Gasteiger partial charge in [0.1, 0.15) is 6.10 Å². The van der Waals surface area contributed by atoms with Crippen molar-refractivity contribution in [1.82, 2.24) is 0 Å². The van der Waals surface area contributed by atoms with Crippen molar-refractivity contribution in [3.63, 3.8) is 0 Å². The molecule has 13 heavy (non-hydrogen) atoms. The number of ether oxygens (including phenoxy) is 1. The molecular weight excluding hydrogens is 164 g/mol. The van der Waals surface area contributed by atoms with Gasteiger partial charge in [-0.2, -0.15) is 0 Å². The van der Waals surface area contributed by atoms with Gasteiger partial charge in [-0.15, -0.1) is 0 Å². The van der Waals surface area contributed by atoms with Gasteiger partial charge in [-0.3, -0.25) is 4.79 Å². The highest BCUT2D eigenvalue weighted by Gasteiger charge is 2.30. The van der Waals surface area contributed by atoms with E-state index in [1.54, 1.807) is 0 Å². The summed E-state index contributed by atoms with van der Waals surface area (Å²) in [4.78, 5) is 10.2. The van der Waals surface area contributed by atoms with Crippen LogP contribution in [0.3, 0.4) is 0 Å². The first-order valence-corrected chi connectivity index (χ1v) is 5.14. The zero-order valence-electron chi connectivity index (χ0n) is 8.88. The monoisotopic (exact) mass is 184 g/mol. The maximum absolute atomic E-state index is 10.2. The molecular formula is C11H20O2. The predicted molar refractivity (Wildman–Crippen MR) is 52.4 cm³/mol. The van der Waals surface area contributed by atoms with Crippen LogP contribution in [0.5, 0.6) is 0 Å². The lowest BCUT2D eigenvalue weighted by atomic mass is 9.72. The highest BCUT2D eigenvalue weighted by molar-refractivity contribution is 5.37. The first-order chi connectivity index (χ1) is 6.05. The minimum absolute atomic E-state index is 0.105. The minimum atomic E-state index is 0.105. The minimum Gasteiger partial charge on any atom is -0.465 e. The third kappa shape index (κ3) is 3.02. The average Bonchev–Trinajstić information content (AvgIpc) is 2.04. The Balaban J connectivity index is 2.36. The van der Waals surface area contributed by atoms with Crippen LogP contribution in [0, 0.1) is 11.3 Å². The summed E-state index contributed by atoms with van der Waals surface area (Å²) in [6, 6.07) is 0. The van der Waals surface area contributed by atoms with Gasteiger partial charge >= 0.3 is 0 Å². The van der Waals surface area contributed by atoms with Gasteiger partial charge in [0.05, 0.1) is 0 Å². The van der Waals surface area contributed by atoms with Crippen LogP contribution in [0.4, 0.5) is 0 Å². The van der Waals surface area contributed by atoms with Crippen LogP contribution >= 0.6 is 0 Å². The van der Waals surface area contributed by atoms with Crippen molar-refractivity contribution in [3.05, 3.63) is 0 Å². The van der Waals surface area contributed by atoms with Crippen LogP contribution in [-0.4, -0.2) is 12.6 Å². The SMILES string of the molecule is CC(OC=O)C1CCC(C)(C)CC1. The van der Waals surface area contributed by atoms with Crippen LogP contribution in [-0.2, 0) is 9.53 Å². The van der Waals surface area contributed by atoms with Crippen molar-refractivity contribution in [2.45, 2.75) is 52.6 Å². The Labute approximate surface area is 80.7 Å². The quantitative estimate of drug-likeness (QED) is 0.630. The molecule has 0 N–H and O–H groups in total. The van der Waals surface area contributed by atoms with Crippen LogP contribution in [0.25, 0.3) is 0 Å². The molecule has 0 aromatic heterocycles. The fraction of sp³-hybridized carbons (Fsp3) is 0.909. The lowest BCUT2D eigenvalue weighted by Crippen LogP contribution is -2.28. The van der Waals surface area contributed by atoms with E-state index in [4.69, 9.17) is 4.74 Å². The number of carbonyl (C=O) groups is 1. The lowest BCUT2D eigenvalue weighted by molar-refractivity contribution is -0.136. The van der Waals surface area contributed by atoms with Gasteiger partial charge < -0.3 is 4.74 Å². The Bertz CT molecular complexity index is 165. The molecule has 2 nitrogen and oxygen atoms in total. The summed E-state index contributed by atoms with van der Waals surface area (Å²) in [6.45, 7) is 7.20. The summed E-state index contributed by atoms with van der Waals surface area (Å²) in [7, 11) is 0. The molecule has 0 bridgehead atoms. The molecule has 1 atom stereocenters. The number of hydrogen-bond donors (Lipinski definition) is 0. The highest BCUT2D eigenvalue weighted by Crippen LogP contribution is 2.39. The molecule has 1 unspecified atom stereocenters. The van der Waals surface area contributed by atoms with Crippen molar-refractivity contribution in [2.75, 3.05) is 0 Å². The number of carbonyl (C=O) groups excluding carboxylic acids is 1. The standard InChI is InChI=1S/C11H20O2/c1-9(13-8-12)10-4-6-11(2,3)7-5-10/h8-10H,4-7H2,1-3H3. The van der Waals surface area contributed by atoms with Crippen molar-refractivity contribution in [1.29, 1.82) is 0 Å². The average molecular weight is 184 g/mol. The summed E-state index contributed by atoms with van der Waals surface area (Å²) in [5, 5.41) is 0. The molecule has 0 heterocycles. The first kappa shape index (κ1) is 10.6. The second-order valence-electron chi connectivity index (χ2n) is 4.94. The predicted octanol–water partition coefficient (Wildman–Crippen LogP) is 2.76. The van der Waals surface area contributed by atoms with Gasteiger partial charge in [0, 0.05) is 0 Å². The molecule has 0 amide bonds. The smallest absolute Gasteiger partial charge is 0.293 e. The molecule has 1 aliphatic carbocycles. The van der Waals surface area contributed by atoms with Gasteiger partial charge in [0.15, 0.2) is 0 Å². The van der Waals surface area contributed by atoms with Crippen LogP contribution in [0.15, 0.2) is 0 Å². The summed E-state index contributed by atoms with van der Waals surface area (Å²) >= 11 is 0. The van der Waals surface area contributed by atoms with Crippen molar-refractivity contribution < 1.29 is 9.53 Å². The van der Waals surface area contributed by atoms with E-state index in [-0.39, 0.29) is 6.10 Å². The van der Waals surface area contributed by atoms with E-state index < -0.39 is 0 Å². The van der Waals surface area contributed by atoms with Gasteiger partial charge in [-0.05, 0) is 43.9 Å². The van der Waals surface area contributed by atoms with Gasteiger partial charge in [-0.1, -0.05) is 13.8 Å². The molecule has 0 aromatic rings. The van der Waals surface area contributed by atoms with Crippen molar-refractivity contribution in [3.8, 4) is 0 Å². The van der Waals surface area contributed by atoms with Crippen molar-refractivity contribution in [2.24, 2.45) is 11.3 Å². The van der Waals surface area contributed by atoms with E-state index in [0.29, 0.717) is 17.8 Å². The van der Waals surface area contributed by atoms with Gasteiger partial charge in [0.2, 0.25) is 0 Å². The largest absolute Gasteiger partial charge is 0.465 e. The zero-order chi connectivity index (χ0) is 9.90. The topological polar surface area (TPSA) is 26.3 Å². The van der Waals surface area contributed by atoms with Crippen LogP contribution in [0.2, 0.25) is 0 Å². The fourth-order valence-electron chi connectivity index (χ4n) is 2.09. The molecule has 1 rings (SSSR count). The van der Waals surface area contributed by atoms with Crippen LogP contribution < -0.4 is 0 Å². The molecule has 1 aliphatic rings.